The molecule has 1 heterocycles. The van der Waals surface area contributed by atoms with Gasteiger partial charge in [-0.05, 0) is 119 Å². The van der Waals surface area contributed by atoms with E-state index >= 15 is 0 Å². The van der Waals surface area contributed by atoms with E-state index in [0.717, 1.165) is 22.6 Å². The quantitative estimate of drug-likeness (QED) is 0.140. The maximum Gasteiger partial charge on any atom is 0.0714 e. The van der Waals surface area contributed by atoms with E-state index in [1.807, 2.05) is 0 Å². The molecule has 1 aromatic heterocycles. The number of aromatic nitrogens is 1. The lowest BCUT2D eigenvalue weighted by atomic mass is 9.68. The van der Waals surface area contributed by atoms with Crippen molar-refractivity contribution in [2.24, 2.45) is 5.92 Å². The average molecular weight is 1060 g/mol. The molecule has 0 aliphatic heterocycles. The fraction of sp³-hybridized carbons (Fsp3) is 0.150. The summed E-state index contributed by atoms with van der Waals surface area (Å²) in [7, 11) is 0. The molecule has 0 radical (unpaired) electrons. The average Bonchev–Trinajstić information content (AvgIpc) is 2.59. The molecule has 0 spiro atoms. The fourth-order valence-electron chi connectivity index (χ4n) is 13.8. The first kappa shape index (κ1) is 50.9. The van der Waals surface area contributed by atoms with Gasteiger partial charge in [0.05, 0.1) is 28.3 Å². The highest BCUT2D eigenvalue weighted by Crippen LogP contribution is 2.60. The summed E-state index contributed by atoms with van der Waals surface area (Å²) in [5, 5.41) is 5.01. The van der Waals surface area contributed by atoms with Gasteiger partial charge in [0.1, 0.15) is 0 Å². The lowest BCUT2D eigenvalue weighted by Gasteiger charge is -2.34. The summed E-state index contributed by atoms with van der Waals surface area (Å²) in [6.45, 7) is 16.3. The van der Waals surface area contributed by atoms with Crippen molar-refractivity contribution in [3.8, 4) is 44.5 Å². The summed E-state index contributed by atoms with van der Waals surface area (Å²) in [4.78, 5) is 2.57. The first-order valence-corrected chi connectivity index (χ1v) is 29.3. The van der Waals surface area contributed by atoms with Crippen LogP contribution in [0, 0.1) is 5.92 Å². The fourth-order valence-corrected chi connectivity index (χ4v) is 13.8. The van der Waals surface area contributed by atoms with Gasteiger partial charge in [-0.1, -0.05) is 291 Å². The zero-order valence-electron chi connectivity index (χ0n) is 48.0. The van der Waals surface area contributed by atoms with Gasteiger partial charge in [0.25, 0.3) is 0 Å². The molecular formula is C80H68N2. The van der Waals surface area contributed by atoms with Crippen LogP contribution in [0.3, 0.4) is 0 Å². The number of benzene rings is 11. The molecule has 0 fully saturated rings. The minimum atomic E-state index is -0.574. The minimum Gasteiger partial charge on any atom is -0.332 e. The zero-order valence-corrected chi connectivity index (χ0v) is 48.0. The van der Waals surface area contributed by atoms with Crippen LogP contribution in [0.2, 0.25) is 0 Å². The summed E-state index contributed by atoms with van der Waals surface area (Å²) in [6, 6.07) is 94.2. The molecule has 0 amide bonds. The summed E-state index contributed by atoms with van der Waals surface area (Å²) >= 11 is 0. The van der Waals surface area contributed by atoms with Crippen molar-refractivity contribution >= 4 is 49.6 Å². The Kier molecular flexibility index (Phi) is 12.3. The molecule has 2 heteroatoms. The number of hydrogen-bond acceptors (Lipinski definition) is 1. The summed E-state index contributed by atoms with van der Waals surface area (Å²) in [5.74, 6) is 0.334. The smallest absolute Gasteiger partial charge is 0.0714 e. The molecule has 12 aromatic rings. The highest BCUT2D eigenvalue weighted by Gasteiger charge is 2.47. The van der Waals surface area contributed by atoms with E-state index in [4.69, 9.17) is 0 Å². The Bertz CT molecular complexity index is 4400. The van der Waals surface area contributed by atoms with E-state index < -0.39 is 5.41 Å². The van der Waals surface area contributed by atoms with E-state index in [1.165, 1.54) is 105 Å². The second-order valence-corrected chi connectivity index (χ2v) is 24.8. The van der Waals surface area contributed by atoms with Crippen LogP contribution in [-0.4, -0.2) is 4.57 Å². The van der Waals surface area contributed by atoms with Gasteiger partial charge in [-0.3, -0.25) is 0 Å². The van der Waals surface area contributed by atoms with Crippen molar-refractivity contribution in [3.05, 3.63) is 306 Å². The van der Waals surface area contributed by atoms with Crippen molar-refractivity contribution in [3.63, 3.8) is 0 Å². The number of rotatable bonds is 9. The maximum absolute atomic E-state index is 2.60. The Balaban J connectivity index is 1.03. The molecule has 2 aliphatic carbocycles. The SMILES string of the molecule is CC1C=CC=CC1n1c2ccccc2c2cccc(-c3ccc(N(c4ccccc4-c4cccc5cccc(-c6cc(C(C)(C)C)cc(C(C)(C)C)c6)c45)c4cccc5c4-c4ccccc4C5(c4ccccc4)c4ccccc4)cc3)c21. The van der Waals surface area contributed by atoms with Gasteiger partial charge < -0.3 is 9.47 Å². The number of para-hydroxylation sites is 3. The molecule has 11 aromatic carbocycles. The van der Waals surface area contributed by atoms with E-state index in [9.17, 15) is 0 Å². The van der Waals surface area contributed by atoms with Crippen molar-refractivity contribution < 1.29 is 0 Å². The second-order valence-electron chi connectivity index (χ2n) is 24.8. The third-order valence-corrected chi connectivity index (χ3v) is 17.9. The van der Waals surface area contributed by atoms with Crippen LogP contribution < -0.4 is 4.90 Å². The highest BCUT2D eigenvalue weighted by atomic mass is 15.1. The molecule has 2 aliphatic rings. The summed E-state index contributed by atoms with van der Waals surface area (Å²) in [5.41, 5.74) is 22.6. The van der Waals surface area contributed by atoms with Gasteiger partial charge in [-0.25, -0.2) is 0 Å². The van der Waals surface area contributed by atoms with Gasteiger partial charge in [-0.15, -0.1) is 0 Å². The first-order valence-electron chi connectivity index (χ1n) is 29.3. The Hall–Kier alpha value is -9.24. The Morgan fingerprint density at radius 1 is 0.415 bits per heavy atom. The first-order chi connectivity index (χ1) is 39.9. The molecule has 0 saturated heterocycles. The largest absolute Gasteiger partial charge is 0.332 e. The Morgan fingerprint density at radius 2 is 0.951 bits per heavy atom. The molecule has 0 saturated carbocycles. The van der Waals surface area contributed by atoms with Crippen molar-refractivity contribution in [1.82, 2.24) is 4.57 Å². The van der Waals surface area contributed by atoms with Crippen molar-refractivity contribution in [2.45, 2.75) is 70.8 Å². The van der Waals surface area contributed by atoms with Gasteiger partial charge in [0.15, 0.2) is 0 Å². The lowest BCUT2D eigenvalue weighted by Crippen LogP contribution is -2.28. The van der Waals surface area contributed by atoms with Gasteiger partial charge in [-0.2, -0.15) is 0 Å². The molecular weight excluding hydrogens is 989 g/mol. The monoisotopic (exact) mass is 1060 g/mol. The predicted octanol–water partition coefficient (Wildman–Crippen LogP) is 21.7. The lowest BCUT2D eigenvalue weighted by molar-refractivity contribution is 0.510. The number of anilines is 3. The number of fused-ring (bicyclic) bond motifs is 7. The highest BCUT2D eigenvalue weighted by molar-refractivity contribution is 6.13. The molecule has 398 valence electrons. The standard InChI is InChI=1S/C80H68N2/c1-53-26-14-19-42-71(53)82-73-44-21-17-34-65(73)67-39-24-37-63(77(67)82)54-46-48-61(49-47-54)81(74-45-25-41-70-76(74)68-35-15-18-40-69(68)80(70,57-29-10-8-11-30-57)58-31-12-9-13-32-58)72-43-20-16-33-64(72)66-38-23-28-55-27-22-36-62(75(55)66)56-50-59(78(2,3)4)52-60(51-56)79(5,6)7/h8-53,71H,1-7H3. The van der Waals surface area contributed by atoms with Crippen LogP contribution in [0.4, 0.5) is 17.1 Å². The number of nitrogens with zero attached hydrogens (tertiary/aromatic N) is 2. The van der Waals surface area contributed by atoms with E-state index in [2.05, 4.69) is 331 Å². The zero-order chi connectivity index (χ0) is 55.9. The van der Waals surface area contributed by atoms with Crippen LogP contribution in [-0.2, 0) is 16.2 Å². The van der Waals surface area contributed by atoms with E-state index in [1.54, 1.807) is 0 Å². The Morgan fingerprint density at radius 3 is 1.65 bits per heavy atom. The van der Waals surface area contributed by atoms with Crippen LogP contribution >= 0.6 is 0 Å². The van der Waals surface area contributed by atoms with Gasteiger partial charge >= 0.3 is 0 Å². The van der Waals surface area contributed by atoms with E-state index in [0.29, 0.717) is 5.92 Å². The van der Waals surface area contributed by atoms with Crippen LogP contribution in [0.25, 0.3) is 77.1 Å². The van der Waals surface area contributed by atoms with Crippen LogP contribution in [0.1, 0.15) is 87.9 Å². The van der Waals surface area contributed by atoms with Crippen molar-refractivity contribution in [2.75, 3.05) is 4.90 Å². The van der Waals surface area contributed by atoms with Crippen LogP contribution in [0.15, 0.2) is 273 Å². The Labute approximate surface area is 484 Å². The van der Waals surface area contributed by atoms with Crippen molar-refractivity contribution in [1.29, 1.82) is 0 Å². The number of hydrogen-bond donors (Lipinski definition) is 0. The third kappa shape index (κ3) is 8.21. The number of allylic oxidation sites excluding steroid dienone is 4. The maximum atomic E-state index is 2.60. The summed E-state index contributed by atoms with van der Waals surface area (Å²) < 4.78 is 2.60. The molecule has 82 heavy (non-hydrogen) atoms. The normalized spacial score (nSPS) is 15.5. The summed E-state index contributed by atoms with van der Waals surface area (Å²) in [6.07, 6.45) is 9.11. The van der Waals surface area contributed by atoms with Crippen LogP contribution in [0.5, 0.6) is 0 Å². The van der Waals surface area contributed by atoms with Gasteiger partial charge in [0, 0.05) is 38.7 Å². The molecule has 2 unspecified atom stereocenters. The minimum absolute atomic E-state index is 0.0346. The predicted molar refractivity (Wildman–Crippen MR) is 349 cm³/mol. The van der Waals surface area contributed by atoms with Gasteiger partial charge in [0.2, 0.25) is 0 Å². The molecule has 0 N–H and O–H groups in total. The topological polar surface area (TPSA) is 8.17 Å². The van der Waals surface area contributed by atoms with E-state index in [-0.39, 0.29) is 16.9 Å². The second kappa shape index (κ2) is 19.8. The molecule has 0 bridgehead atoms. The molecule has 14 rings (SSSR count). The molecule has 2 atom stereocenters. The molecule has 2 nitrogen and oxygen atoms in total. The third-order valence-electron chi connectivity index (χ3n) is 17.9.